The zero-order valence-corrected chi connectivity index (χ0v) is 9.27. The first kappa shape index (κ1) is 10.5. The molecule has 1 heterocycles. The predicted molar refractivity (Wildman–Crippen MR) is 58.6 cm³/mol. The van der Waals surface area contributed by atoms with E-state index in [1.807, 2.05) is 24.3 Å². The van der Waals surface area contributed by atoms with Crippen molar-refractivity contribution >= 4 is 0 Å². The van der Waals surface area contributed by atoms with Gasteiger partial charge in [-0.2, -0.15) is 0 Å². The molecule has 0 aliphatic rings. The van der Waals surface area contributed by atoms with E-state index in [1.165, 1.54) is 0 Å². The Hall–Kier alpha value is -1.97. The van der Waals surface area contributed by atoms with Gasteiger partial charge < -0.3 is 13.9 Å². The van der Waals surface area contributed by atoms with Gasteiger partial charge in [0.2, 0.25) is 0 Å². The fourth-order valence-electron chi connectivity index (χ4n) is 1.30. The average molecular weight is 219 g/mol. The minimum atomic E-state index is 0.406. The number of hydrogen-bond donors (Lipinski definition) is 0. The molecule has 0 saturated carbocycles. The van der Waals surface area contributed by atoms with Crippen molar-refractivity contribution in [1.29, 1.82) is 0 Å². The van der Waals surface area contributed by atoms with E-state index < -0.39 is 0 Å². The van der Waals surface area contributed by atoms with Crippen LogP contribution in [-0.2, 0) is 6.61 Å². The van der Waals surface area contributed by atoms with Crippen molar-refractivity contribution in [1.82, 2.24) is 4.98 Å². The normalized spacial score (nSPS) is 10.1. The Morgan fingerprint density at radius 1 is 1.19 bits per heavy atom. The highest BCUT2D eigenvalue weighted by Gasteiger charge is 2.01. The van der Waals surface area contributed by atoms with E-state index in [4.69, 9.17) is 13.9 Å². The molecule has 84 valence electrons. The Morgan fingerprint density at radius 3 is 2.44 bits per heavy atom. The molecule has 4 nitrogen and oxygen atoms in total. The van der Waals surface area contributed by atoms with Crippen LogP contribution in [0, 0.1) is 6.92 Å². The third-order valence-corrected chi connectivity index (χ3v) is 2.11. The van der Waals surface area contributed by atoms with Gasteiger partial charge in [0.25, 0.3) is 0 Å². The first-order chi connectivity index (χ1) is 7.78. The van der Waals surface area contributed by atoms with Crippen LogP contribution >= 0.6 is 0 Å². The molecule has 0 spiro atoms. The van der Waals surface area contributed by atoms with Crippen molar-refractivity contribution in [2.75, 3.05) is 7.11 Å². The Labute approximate surface area is 93.8 Å². The lowest BCUT2D eigenvalue weighted by Gasteiger charge is -2.04. The van der Waals surface area contributed by atoms with Gasteiger partial charge in [-0.25, -0.2) is 4.98 Å². The van der Waals surface area contributed by atoms with Crippen LogP contribution < -0.4 is 9.47 Å². The van der Waals surface area contributed by atoms with Crippen LogP contribution in [0.5, 0.6) is 11.5 Å². The van der Waals surface area contributed by atoms with Gasteiger partial charge in [-0.3, -0.25) is 0 Å². The van der Waals surface area contributed by atoms with Crippen LogP contribution in [0.4, 0.5) is 0 Å². The lowest BCUT2D eigenvalue weighted by molar-refractivity contribution is 0.300. The lowest BCUT2D eigenvalue weighted by atomic mass is 10.3. The number of hydrogen-bond acceptors (Lipinski definition) is 4. The summed E-state index contributed by atoms with van der Waals surface area (Å²) in [5.41, 5.74) is 0.785. The number of aryl methyl sites for hydroxylation is 1. The molecule has 0 radical (unpaired) electrons. The first-order valence-electron chi connectivity index (χ1n) is 4.96. The summed E-state index contributed by atoms with van der Waals surface area (Å²) in [5.74, 6) is 2.24. The molecule has 0 aliphatic heterocycles. The summed E-state index contributed by atoms with van der Waals surface area (Å²) < 4.78 is 15.7. The van der Waals surface area contributed by atoms with Crippen molar-refractivity contribution in [3.8, 4) is 11.5 Å². The number of ether oxygens (including phenoxy) is 2. The monoisotopic (exact) mass is 219 g/mol. The molecule has 4 heteroatoms. The SMILES string of the molecule is COc1ccc(OCc2coc(C)n2)cc1. The molecule has 0 unspecified atom stereocenters. The summed E-state index contributed by atoms with van der Waals surface area (Å²) in [6.45, 7) is 2.21. The maximum atomic E-state index is 5.53. The van der Waals surface area contributed by atoms with Gasteiger partial charge in [-0.15, -0.1) is 0 Å². The molecule has 0 atom stereocenters. The van der Waals surface area contributed by atoms with Gasteiger partial charge in [0, 0.05) is 6.92 Å². The smallest absolute Gasteiger partial charge is 0.191 e. The molecule has 16 heavy (non-hydrogen) atoms. The minimum Gasteiger partial charge on any atom is -0.497 e. The summed E-state index contributed by atoms with van der Waals surface area (Å²) in [5, 5.41) is 0. The van der Waals surface area contributed by atoms with Gasteiger partial charge in [-0.05, 0) is 24.3 Å². The summed E-state index contributed by atoms with van der Waals surface area (Å²) >= 11 is 0. The topological polar surface area (TPSA) is 44.5 Å². The van der Waals surface area contributed by atoms with Crippen LogP contribution in [0.25, 0.3) is 0 Å². The molecule has 0 fully saturated rings. The van der Waals surface area contributed by atoms with Crippen molar-refractivity contribution in [2.45, 2.75) is 13.5 Å². The average Bonchev–Trinajstić information content (AvgIpc) is 2.73. The number of nitrogens with zero attached hydrogens (tertiary/aromatic N) is 1. The van der Waals surface area contributed by atoms with Crippen LogP contribution in [-0.4, -0.2) is 12.1 Å². The maximum absolute atomic E-state index is 5.53. The fraction of sp³-hybridized carbons (Fsp3) is 0.250. The van der Waals surface area contributed by atoms with E-state index >= 15 is 0 Å². The zero-order chi connectivity index (χ0) is 11.4. The second-order valence-corrected chi connectivity index (χ2v) is 3.32. The quantitative estimate of drug-likeness (QED) is 0.792. The molecule has 0 saturated heterocycles. The van der Waals surface area contributed by atoms with Crippen LogP contribution in [0.15, 0.2) is 34.9 Å². The van der Waals surface area contributed by atoms with Gasteiger partial charge >= 0.3 is 0 Å². The standard InChI is InChI=1S/C12H13NO3/c1-9-13-10(7-15-9)8-16-12-5-3-11(14-2)4-6-12/h3-7H,8H2,1-2H3. The fourth-order valence-corrected chi connectivity index (χ4v) is 1.30. The molecular formula is C12H13NO3. The Kier molecular flexibility index (Phi) is 3.10. The maximum Gasteiger partial charge on any atom is 0.191 e. The Bertz CT molecular complexity index is 448. The van der Waals surface area contributed by atoms with Gasteiger partial charge in [0.1, 0.15) is 30.1 Å². The van der Waals surface area contributed by atoms with E-state index in [0.29, 0.717) is 12.5 Å². The molecule has 0 amide bonds. The number of benzene rings is 1. The van der Waals surface area contributed by atoms with E-state index in [9.17, 15) is 0 Å². The zero-order valence-electron chi connectivity index (χ0n) is 9.27. The first-order valence-corrected chi connectivity index (χ1v) is 4.96. The van der Waals surface area contributed by atoms with Crippen LogP contribution in [0.1, 0.15) is 11.6 Å². The molecule has 1 aromatic carbocycles. The van der Waals surface area contributed by atoms with Crippen molar-refractivity contribution in [3.63, 3.8) is 0 Å². The minimum absolute atomic E-state index is 0.406. The molecule has 1 aromatic heterocycles. The Morgan fingerprint density at radius 2 is 1.88 bits per heavy atom. The third kappa shape index (κ3) is 2.53. The van der Waals surface area contributed by atoms with E-state index in [2.05, 4.69) is 4.98 Å². The second-order valence-electron chi connectivity index (χ2n) is 3.32. The largest absolute Gasteiger partial charge is 0.497 e. The third-order valence-electron chi connectivity index (χ3n) is 2.11. The van der Waals surface area contributed by atoms with E-state index in [1.54, 1.807) is 20.3 Å². The van der Waals surface area contributed by atoms with Gasteiger partial charge in [-0.1, -0.05) is 0 Å². The highest BCUT2D eigenvalue weighted by molar-refractivity contribution is 5.31. The number of methoxy groups -OCH3 is 1. The van der Waals surface area contributed by atoms with Crippen LogP contribution in [0.2, 0.25) is 0 Å². The van der Waals surface area contributed by atoms with Crippen molar-refractivity contribution in [3.05, 3.63) is 42.1 Å². The summed E-state index contributed by atoms with van der Waals surface area (Å²) in [6, 6.07) is 7.41. The molecule has 2 rings (SSSR count). The summed E-state index contributed by atoms with van der Waals surface area (Å²) in [6.07, 6.45) is 1.60. The number of aromatic nitrogens is 1. The lowest BCUT2D eigenvalue weighted by Crippen LogP contribution is -1.95. The van der Waals surface area contributed by atoms with Crippen LogP contribution in [0.3, 0.4) is 0 Å². The van der Waals surface area contributed by atoms with Crippen molar-refractivity contribution in [2.24, 2.45) is 0 Å². The van der Waals surface area contributed by atoms with E-state index in [-0.39, 0.29) is 0 Å². The summed E-state index contributed by atoms with van der Waals surface area (Å²) in [7, 11) is 1.63. The highest BCUT2D eigenvalue weighted by atomic mass is 16.5. The van der Waals surface area contributed by atoms with Crippen molar-refractivity contribution < 1.29 is 13.9 Å². The van der Waals surface area contributed by atoms with Gasteiger partial charge in [0.15, 0.2) is 5.89 Å². The van der Waals surface area contributed by atoms with Gasteiger partial charge in [0.05, 0.1) is 7.11 Å². The molecule has 0 N–H and O–H groups in total. The molecule has 2 aromatic rings. The number of rotatable bonds is 4. The molecular weight excluding hydrogens is 206 g/mol. The predicted octanol–water partition coefficient (Wildman–Crippen LogP) is 2.57. The molecule has 0 bridgehead atoms. The molecule has 0 aliphatic carbocycles. The number of oxazole rings is 1. The second kappa shape index (κ2) is 4.70. The van der Waals surface area contributed by atoms with E-state index in [0.717, 1.165) is 17.2 Å². The summed E-state index contributed by atoms with van der Waals surface area (Å²) in [4.78, 5) is 4.14. The highest BCUT2D eigenvalue weighted by Crippen LogP contribution is 2.18. The Balaban J connectivity index is 1.94.